The number of nitrogens with zero attached hydrogens (tertiary/aromatic N) is 2. The zero-order chi connectivity index (χ0) is 26.7. The monoisotopic (exact) mass is 624 g/mol. The molecule has 6 aromatic carbocycles. The van der Waals surface area contributed by atoms with Gasteiger partial charge in [0.05, 0.1) is 22.4 Å². The van der Waals surface area contributed by atoms with Crippen LogP contribution in [-0.2, 0) is 0 Å². The molecule has 0 bridgehead atoms. The zero-order valence-electron chi connectivity index (χ0n) is 23.3. The van der Waals surface area contributed by atoms with Crippen molar-refractivity contribution in [1.29, 1.82) is 0 Å². The van der Waals surface area contributed by atoms with Gasteiger partial charge in [0.15, 0.2) is 0 Å². The smallest absolute Gasteiger partial charge is 0.0979 e. The molecule has 1 aromatic heterocycles. The molecule has 7 rings (SSSR count). The number of hydrogen-bond donors (Lipinski definition) is 0. The van der Waals surface area contributed by atoms with Crippen molar-refractivity contribution in [3.05, 3.63) is 158 Å². The molecule has 0 aliphatic carbocycles. The topological polar surface area (TPSA) is 25.8 Å². The summed E-state index contributed by atoms with van der Waals surface area (Å²) in [5.41, 5.74) is 12.4. The molecular weight excluding hydrogens is 595 g/mol. The Morgan fingerprint density at radius 3 is 1.17 bits per heavy atom. The first-order valence-electron chi connectivity index (χ1n) is 13.5. The third-order valence-electron chi connectivity index (χ3n) is 7.26. The highest BCUT2D eigenvalue weighted by atomic mass is 79.9. The van der Waals surface area contributed by atoms with E-state index in [1.165, 1.54) is 0 Å². The lowest BCUT2D eigenvalue weighted by molar-refractivity contribution is -0.00000779. The first-order valence-corrected chi connectivity index (χ1v) is 13.5. The third-order valence-corrected chi connectivity index (χ3v) is 7.26. The quantitative estimate of drug-likeness (QED) is 0.198. The van der Waals surface area contributed by atoms with E-state index in [0.717, 1.165) is 66.9 Å². The van der Waals surface area contributed by atoms with E-state index in [-0.39, 0.29) is 26.9 Å². The van der Waals surface area contributed by atoms with Crippen molar-refractivity contribution in [2.75, 3.05) is 0 Å². The summed E-state index contributed by atoms with van der Waals surface area (Å²) in [6.45, 7) is 0. The van der Waals surface area contributed by atoms with E-state index < -0.39 is 0 Å². The molecule has 0 N–H and O–H groups in total. The Labute approximate surface area is 260 Å². The van der Waals surface area contributed by atoms with Gasteiger partial charge in [-0.2, -0.15) is 0 Å². The molecule has 7 aromatic rings. The van der Waals surface area contributed by atoms with Gasteiger partial charge < -0.3 is 17.0 Å². The maximum Gasteiger partial charge on any atom is 0.0979 e. The highest BCUT2D eigenvalue weighted by Crippen LogP contribution is 2.45. The van der Waals surface area contributed by atoms with E-state index in [4.69, 9.17) is 9.97 Å². The van der Waals surface area contributed by atoms with Crippen LogP contribution in [0, 0.1) is 0 Å². The molecule has 204 valence electrons. The first kappa shape index (κ1) is 29.1. The Morgan fingerprint density at radius 1 is 0.357 bits per heavy atom. The summed E-state index contributed by atoms with van der Waals surface area (Å²) < 4.78 is 0. The fourth-order valence-electron chi connectivity index (χ4n) is 5.43. The first-order chi connectivity index (χ1) is 19.9. The van der Waals surface area contributed by atoms with E-state index in [9.17, 15) is 0 Å². The minimum atomic E-state index is 0. The van der Waals surface area contributed by atoms with Crippen LogP contribution in [0.3, 0.4) is 0 Å². The molecule has 4 heteroatoms. The predicted molar refractivity (Wildman–Crippen MR) is 179 cm³/mol. The van der Waals surface area contributed by atoms with Crippen LogP contribution in [0.5, 0.6) is 0 Å². The Morgan fingerprint density at radius 2 is 0.714 bits per heavy atom. The maximum absolute atomic E-state index is 5.46. The molecule has 0 spiro atoms. The molecule has 0 saturated carbocycles. The number of benzene rings is 6. The van der Waals surface area contributed by atoms with Crippen LogP contribution >= 0.6 is 9.90 Å². The summed E-state index contributed by atoms with van der Waals surface area (Å²) in [7, 11) is 0. The molecule has 1 unspecified atom stereocenters. The van der Waals surface area contributed by atoms with Crippen LogP contribution in [0.25, 0.3) is 66.9 Å². The van der Waals surface area contributed by atoms with Crippen LogP contribution in [-0.4, -0.2) is 9.97 Å². The van der Waals surface area contributed by atoms with E-state index in [2.05, 4.69) is 146 Å². The van der Waals surface area contributed by atoms with Crippen molar-refractivity contribution >= 4 is 20.9 Å². The van der Waals surface area contributed by atoms with Crippen LogP contribution in [0.15, 0.2) is 158 Å². The zero-order valence-corrected chi connectivity index (χ0v) is 26.9. The molecular formula is C38H30BrN2P. The van der Waals surface area contributed by atoms with Crippen molar-refractivity contribution < 1.29 is 17.0 Å². The summed E-state index contributed by atoms with van der Waals surface area (Å²) in [6, 6.07) is 54.8. The van der Waals surface area contributed by atoms with Gasteiger partial charge in [-0.25, -0.2) is 9.97 Å². The lowest BCUT2D eigenvalue weighted by Crippen LogP contribution is -3.00. The Balaban J connectivity index is 0.00000176. The van der Waals surface area contributed by atoms with E-state index >= 15 is 0 Å². The molecule has 0 aliphatic heterocycles. The molecule has 42 heavy (non-hydrogen) atoms. The summed E-state index contributed by atoms with van der Waals surface area (Å²) in [5.74, 6) is 0. The van der Waals surface area contributed by atoms with Gasteiger partial charge in [-0.3, -0.25) is 0 Å². The van der Waals surface area contributed by atoms with Crippen molar-refractivity contribution in [3.63, 3.8) is 0 Å². The number of fused-ring (bicyclic) bond motifs is 1. The molecule has 1 heterocycles. The van der Waals surface area contributed by atoms with Gasteiger partial charge in [-0.05, 0) is 43.8 Å². The third kappa shape index (κ3) is 5.54. The van der Waals surface area contributed by atoms with Gasteiger partial charge >= 0.3 is 0 Å². The summed E-state index contributed by atoms with van der Waals surface area (Å²) in [5, 5.41) is 0. The minimum absolute atomic E-state index is 0. The van der Waals surface area contributed by atoms with Crippen LogP contribution in [0.4, 0.5) is 0 Å². The Hall–Kier alpha value is -4.43. The summed E-state index contributed by atoms with van der Waals surface area (Å²) in [6.07, 6.45) is 0. The van der Waals surface area contributed by atoms with Crippen molar-refractivity contribution in [1.82, 2.24) is 9.97 Å². The van der Waals surface area contributed by atoms with Gasteiger partial charge in [-0.1, -0.05) is 152 Å². The van der Waals surface area contributed by atoms with Crippen molar-refractivity contribution in [2.45, 2.75) is 0 Å². The summed E-state index contributed by atoms with van der Waals surface area (Å²) >= 11 is 0. The van der Waals surface area contributed by atoms with Crippen molar-refractivity contribution in [3.8, 4) is 55.9 Å². The largest absolute Gasteiger partial charge is 1.00 e. The highest BCUT2D eigenvalue weighted by Gasteiger charge is 2.22. The standard InChI is InChI=1S/C38H26N2.BrH.H3P/c1-6-16-27(17-7-1)32-26-33-38(35(29-20-10-3-11-21-29)34(32)28-18-8-2-9-19-28)40-37(31-24-14-5-15-25-31)36(39-33)30-22-12-4-13-23-30;;/h1-26H;1H;1H3. The normalized spacial score (nSPS) is 10.5. The van der Waals surface area contributed by atoms with E-state index in [1.807, 2.05) is 12.1 Å². The fourth-order valence-corrected chi connectivity index (χ4v) is 5.43. The van der Waals surface area contributed by atoms with E-state index in [1.54, 1.807) is 0 Å². The second-order valence-corrected chi connectivity index (χ2v) is 9.79. The van der Waals surface area contributed by atoms with Gasteiger partial charge in [0, 0.05) is 16.7 Å². The molecule has 0 fully saturated rings. The molecule has 2 nitrogen and oxygen atoms in total. The highest BCUT2D eigenvalue weighted by molar-refractivity contribution is 6.92. The Bertz CT molecular complexity index is 1910. The van der Waals surface area contributed by atoms with Crippen LogP contribution in [0.2, 0.25) is 0 Å². The van der Waals surface area contributed by atoms with Crippen molar-refractivity contribution in [2.24, 2.45) is 0 Å². The van der Waals surface area contributed by atoms with E-state index in [0.29, 0.717) is 0 Å². The average molecular weight is 626 g/mol. The maximum atomic E-state index is 5.46. The molecule has 0 radical (unpaired) electrons. The van der Waals surface area contributed by atoms with Crippen LogP contribution in [0.1, 0.15) is 0 Å². The van der Waals surface area contributed by atoms with Gasteiger partial charge in [0.2, 0.25) is 0 Å². The average Bonchev–Trinajstić information content (AvgIpc) is 3.05. The molecule has 0 saturated heterocycles. The number of rotatable bonds is 5. The lowest BCUT2D eigenvalue weighted by Gasteiger charge is -2.20. The Kier molecular flexibility index (Phi) is 9.03. The van der Waals surface area contributed by atoms with Crippen LogP contribution < -0.4 is 17.0 Å². The number of halogens is 1. The number of aromatic nitrogens is 2. The summed E-state index contributed by atoms with van der Waals surface area (Å²) in [4.78, 5) is 10.8. The molecule has 1 atom stereocenters. The van der Waals surface area contributed by atoms with Gasteiger partial charge in [0.25, 0.3) is 0 Å². The lowest BCUT2D eigenvalue weighted by atomic mass is 9.86. The number of hydrogen-bond acceptors (Lipinski definition) is 2. The fraction of sp³-hybridized carbons (Fsp3) is 0. The molecule has 0 aliphatic rings. The predicted octanol–water partition coefficient (Wildman–Crippen LogP) is 6.76. The van der Waals surface area contributed by atoms with Gasteiger partial charge in [-0.15, -0.1) is 0 Å². The minimum Gasteiger partial charge on any atom is -1.00 e. The second kappa shape index (κ2) is 13.0. The SMILES string of the molecule is [Br-].[PH4+].c1ccc(-c2cc3nc(-c4ccccc4)c(-c4ccccc4)nc3c(-c3ccccc3)c2-c2ccccc2)cc1. The second-order valence-electron chi connectivity index (χ2n) is 9.79. The molecule has 0 amide bonds. The van der Waals surface area contributed by atoms with Gasteiger partial charge in [0.1, 0.15) is 0 Å².